The first kappa shape index (κ1) is 13.8. The highest BCUT2D eigenvalue weighted by Gasteiger charge is 2.23. The van der Waals surface area contributed by atoms with Crippen LogP contribution < -0.4 is 21.7 Å². The summed E-state index contributed by atoms with van der Waals surface area (Å²) in [6, 6.07) is 16.7. The topological polar surface area (TPSA) is 67.3 Å². The predicted molar refractivity (Wildman–Crippen MR) is 89.2 cm³/mol. The summed E-state index contributed by atoms with van der Waals surface area (Å²) in [5.41, 5.74) is 15.9. The van der Waals surface area contributed by atoms with Gasteiger partial charge in [-0.25, -0.2) is 0 Å². The van der Waals surface area contributed by atoms with Crippen LogP contribution in [0.4, 0.5) is 17.1 Å². The first-order valence-electron chi connectivity index (χ1n) is 7.40. The number of para-hydroxylation sites is 1. The molecular formula is C17H22N4. The molecule has 0 radical (unpaired) electrons. The second kappa shape index (κ2) is 6.06. The molecule has 1 aliphatic heterocycles. The van der Waals surface area contributed by atoms with Crippen molar-refractivity contribution in [1.82, 2.24) is 5.32 Å². The molecule has 1 heterocycles. The molecule has 1 aliphatic rings. The van der Waals surface area contributed by atoms with E-state index in [0.717, 1.165) is 43.0 Å². The third-order valence-corrected chi connectivity index (χ3v) is 4.07. The van der Waals surface area contributed by atoms with Gasteiger partial charge in [0.05, 0.1) is 0 Å². The summed E-state index contributed by atoms with van der Waals surface area (Å²) in [6.07, 6.45) is 1.15. The van der Waals surface area contributed by atoms with E-state index in [1.807, 2.05) is 24.3 Å². The monoisotopic (exact) mass is 282 g/mol. The number of benzene rings is 2. The van der Waals surface area contributed by atoms with Gasteiger partial charge in [0.15, 0.2) is 0 Å². The van der Waals surface area contributed by atoms with Gasteiger partial charge in [0, 0.05) is 36.2 Å². The number of nitrogens with zero attached hydrogens (tertiary/aromatic N) is 1. The van der Waals surface area contributed by atoms with E-state index in [0.29, 0.717) is 6.04 Å². The van der Waals surface area contributed by atoms with Crippen molar-refractivity contribution in [2.24, 2.45) is 0 Å². The van der Waals surface area contributed by atoms with Gasteiger partial charge in [-0.15, -0.1) is 0 Å². The van der Waals surface area contributed by atoms with E-state index in [9.17, 15) is 0 Å². The Hall–Kier alpha value is -2.20. The van der Waals surface area contributed by atoms with E-state index in [4.69, 9.17) is 11.5 Å². The fourth-order valence-electron chi connectivity index (χ4n) is 2.90. The standard InChI is InChI=1S/C17H22N4/c18-14-6-7-17(19)13(10-14)12-21(16-8-9-20-11-16)15-4-2-1-3-5-15/h1-7,10,16,20H,8-9,11-12,18-19H2. The van der Waals surface area contributed by atoms with E-state index in [1.165, 1.54) is 5.69 Å². The number of rotatable bonds is 4. The van der Waals surface area contributed by atoms with Crippen molar-refractivity contribution in [1.29, 1.82) is 0 Å². The minimum Gasteiger partial charge on any atom is -0.399 e. The van der Waals surface area contributed by atoms with Crippen molar-refractivity contribution >= 4 is 17.1 Å². The van der Waals surface area contributed by atoms with Crippen LogP contribution in [0, 0.1) is 0 Å². The molecule has 0 amide bonds. The fraction of sp³-hybridized carbons (Fsp3) is 0.294. The molecule has 1 fully saturated rings. The lowest BCUT2D eigenvalue weighted by atomic mass is 10.1. The zero-order valence-electron chi connectivity index (χ0n) is 12.1. The largest absolute Gasteiger partial charge is 0.399 e. The summed E-state index contributed by atoms with van der Waals surface area (Å²) in [7, 11) is 0. The lowest BCUT2D eigenvalue weighted by Crippen LogP contribution is -2.36. The fourth-order valence-corrected chi connectivity index (χ4v) is 2.90. The molecule has 3 rings (SSSR count). The molecule has 1 atom stereocenters. The molecule has 0 saturated carbocycles. The molecule has 21 heavy (non-hydrogen) atoms. The number of hydrogen-bond acceptors (Lipinski definition) is 4. The Morgan fingerprint density at radius 3 is 2.62 bits per heavy atom. The Kier molecular flexibility index (Phi) is 3.97. The molecular weight excluding hydrogens is 260 g/mol. The van der Waals surface area contributed by atoms with Gasteiger partial charge in [-0.3, -0.25) is 0 Å². The Bertz CT molecular complexity index is 591. The van der Waals surface area contributed by atoms with Crippen LogP contribution in [0.25, 0.3) is 0 Å². The maximum Gasteiger partial charge on any atom is 0.0454 e. The van der Waals surface area contributed by atoms with Gasteiger partial charge in [0.1, 0.15) is 0 Å². The Labute approximate surface area is 125 Å². The molecule has 2 aromatic carbocycles. The van der Waals surface area contributed by atoms with Crippen molar-refractivity contribution in [3.05, 3.63) is 54.1 Å². The maximum absolute atomic E-state index is 6.12. The number of nitrogens with one attached hydrogen (secondary N) is 1. The molecule has 0 aliphatic carbocycles. The zero-order chi connectivity index (χ0) is 14.7. The molecule has 1 unspecified atom stereocenters. The van der Waals surface area contributed by atoms with Crippen molar-refractivity contribution in [3.63, 3.8) is 0 Å². The maximum atomic E-state index is 6.12. The van der Waals surface area contributed by atoms with E-state index in [-0.39, 0.29) is 0 Å². The minimum absolute atomic E-state index is 0.494. The normalized spacial score (nSPS) is 17.8. The predicted octanol–water partition coefficient (Wildman–Crippen LogP) is 2.22. The molecule has 0 aromatic heterocycles. The Balaban J connectivity index is 1.90. The smallest absolute Gasteiger partial charge is 0.0454 e. The molecule has 110 valence electrons. The second-order valence-electron chi connectivity index (χ2n) is 5.57. The third-order valence-electron chi connectivity index (χ3n) is 4.07. The Morgan fingerprint density at radius 2 is 1.90 bits per heavy atom. The van der Waals surface area contributed by atoms with Crippen molar-refractivity contribution in [2.45, 2.75) is 19.0 Å². The quantitative estimate of drug-likeness (QED) is 0.752. The molecule has 4 heteroatoms. The lowest BCUT2D eigenvalue weighted by molar-refractivity contribution is 0.632. The van der Waals surface area contributed by atoms with Gasteiger partial charge in [0.2, 0.25) is 0 Å². The number of anilines is 3. The average molecular weight is 282 g/mol. The summed E-state index contributed by atoms with van der Waals surface area (Å²) in [5.74, 6) is 0. The highest BCUT2D eigenvalue weighted by atomic mass is 15.2. The summed E-state index contributed by atoms with van der Waals surface area (Å²) in [4.78, 5) is 2.42. The molecule has 2 aromatic rings. The van der Waals surface area contributed by atoms with Crippen LogP contribution in [-0.4, -0.2) is 19.1 Å². The third kappa shape index (κ3) is 3.11. The van der Waals surface area contributed by atoms with E-state index < -0.39 is 0 Å². The first-order chi connectivity index (χ1) is 10.2. The highest BCUT2D eigenvalue weighted by molar-refractivity contribution is 5.58. The lowest BCUT2D eigenvalue weighted by Gasteiger charge is -2.31. The average Bonchev–Trinajstić information content (AvgIpc) is 3.03. The zero-order valence-corrected chi connectivity index (χ0v) is 12.1. The van der Waals surface area contributed by atoms with Gasteiger partial charge in [-0.2, -0.15) is 0 Å². The van der Waals surface area contributed by atoms with Gasteiger partial charge < -0.3 is 21.7 Å². The van der Waals surface area contributed by atoms with Crippen LogP contribution >= 0.6 is 0 Å². The van der Waals surface area contributed by atoms with Crippen LogP contribution in [0.5, 0.6) is 0 Å². The van der Waals surface area contributed by atoms with E-state index >= 15 is 0 Å². The van der Waals surface area contributed by atoms with Crippen molar-refractivity contribution in [2.75, 3.05) is 29.5 Å². The number of nitrogens with two attached hydrogens (primary N) is 2. The summed E-state index contributed by atoms with van der Waals surface area (Å²) in [5, 5.41) is 3.44. The van der Waals surface area contributed by atoms with Crippen LogP contribution in [0.15, 0.2) is 48.5 Å². The van der Waals surface area contributed by atoms with Crippen molar-refractivity contribution < 1.29 is 0 Å². The van der Waals surface area contributed by atoms with Gasteiger partial charge in [0.25, 0.3) is 0 Å². The number of nitrogen functional groups attached to an aromatic ring is 2. The van der Waals surface area contributed by atoms with Crippen LogP contribution in [0.3, 0.4) is 0 Å². The van der Waals surface area contributed by atoms with Gasteiger partial charge in [-0.1, -0.05) is 18.2 Å². The van der Waals surface area contributed by atoms with Crippen LogP contribution in [0.1, 0.15) is 12.0 Å². The summed E-state index contributed by atoms with van der Waals surface area (Å²) < 4.78 is 0. The van der Waals surface area contributed by atoms with E-state index in [2.05, 4.69) is 34.5 Å². The first-order valence-corrected chi connectivity index (χ1v) is 7.40. The molecule has 1 saturated heterocycles. The second-order valence-corrected chi connectivity index (χ2v) is 5.57. The SMILES string of the molecule is Nc1ccc(N)c(CN(c2ccccc2)C2CCNC2)c1. The van der Waals surface area contributed by atoms with Crippen molar-refractivity contribution in [3.8, 4) is 0 Å². The van der Waals surface area contributed by atoms with E-state index in [1.54, 1.807) is 0 Å². The molecule has 0 spiro atoms. The summed E-state index contributed by atoms with van der Waals surface area (Å²) in [6.45, 7) is 2.87. The Morgan fingerprint density at radius 1 is 1.10 bits per heavy atom. The minimum atomic E-state index is 0.494. The van der Waals surface area contributed by atoms with Crippen LogP contribution in [0.2, 0.25) is 0 Å². The number of hydrogen-bond donors (Lipinski definition) is 3. The molecule has 4 nitrogen and oxygen atoms in total. The van der Waals surface area contributed by atoms with Crippen LogP contribution in [-0.2, 0) is 6.54 Å². The molecule has 0 bridgehead atoms. The highest BCUT2D eigenvalue weighted by Crippen LogP contribution is 2.25. The summed E-state index contributed by atoms with van der Waals surface area (Å²) >= 11 is 0. The molecule has 5 N–H and O–H groups in total. The van der Waals surface area contributed by atoms with Gasteiger partial charge >= 0.3 is 0 Å². The van der Waals surface area contributed by atoms with Gasteiger partial charge in [-0.05, 0) is 48.9 Å².